The summed E-state index contributed by atoms with van der Waals surface area (Å²) >= 11 is 4.93. The minimum Gasteiger partial charge on any atom is -0.306 e. The molecular weight excluding hydrogens is 337 g/mol. The molecule has 0 heterocycles. The van der Waals surface area contributed by atoms with Crippen LogP contribution in [0.3, 0.4) is 0 Å². The normalized spacial score (nSPS) is 24.2. The van der Waals surface area contributed by atoms with Gasteiger partial charge in [-0.25, -0.2) is 0 Å². The predicted octanol–water partition coefficient (Wildman–Crippen LogP) is 4.62. The van der Waals surface area contributed by atoms with Crippen LogP contribution in [0.1, 0.15) is 13.8 Å². The zero-order valence-electron chi connectivity index (χ0n) is 10.2. The molecule has 0 aliphatic heterocycles. The molecule has 0 aromatic carbocycles. The molecule has 1 aliphatic rings. The van der Waals surface area contributed by atoms with Gasteiger partial charge in [0.15, 0.2) is 0 Å². The van der Waals surface area contributed by atoms with E-state index in [1.165, 1.54) is 13.8 Å². The van der Waals surface area contributed by atoms with Crippen LogP contribution in [0.15, 0.2) is 10.3 Å². The van der Waals surface area contributed by atoms with Crippen molar-refractivity contribution in [1.29, 1.82) is 0 Å². The maximum atomic E-state index is 13.6. The van der Waals surface area contributed by atoms with E-state index < -0.39 is 48.9 Å². The van der Waals surface area contributed by atoms with Crippen molar-refractivity contribution in [3.05, 3.63) is 10.3 Å². The average Bonchev–Trinajstić information content (AvgIpc) is 2.36. The fraction of sp³-hybridized carbons (Fsp3) is 0.778. The molecule has 0 atom stereocenters. The van der Waals surface area contributed by atoms with Gasteiger partial charge in [-0.1, -0.05) is 11.6 Å². The first-order valence-corrected chi connectivity index (χ1v) is 7.26. The molecule has 1 aliphatic carbocycles. The van der Waals surface area contributed by atoms with Gasteiger partial charge in [0.25, 0.3) is 0 Å². The molecule has 3 nitrogen and oxygen atoms in total. The Morgan fingerprint density at radius 2 is 1.40 bits per heavy atom. The van der Waals surface area contributed by atoms with E-state index in [4.69, 9.17) is 11.6 Å². The van der Waals surface area contributed by atoms with Crippen LogP contribution in [0.5, 0.6) is 0 Å². The van der Waals surface area contributed by atoms with Crippen molar-refractivity contribution in [2.24, 2.45) is 0 Å². The lowest BCUT2D eigenvalue weighted by Gasteiger charge is -2.26. The summed E-state index contributed by atoms with van der Waals surface area (Å²) < 4.78 is 101. The van der Waals surface area contributed by atoms with Crippen molar-refractivity contribution in [1.82, 2.24) is 0 Å². The number of hydrogen-bond acceptors (Lipinski definition) is 3. The predicted molar refractivity (Wildman–Crippen MR) is 58.6 cm³/mol. The number of rotatable bonds is 5. The van der Waals surface area contributed by atoms with Crippen molar-refractivity contribution >= 4 is 19.2 Å². The highest BCUT2D eigenvalue weighted by Crippen LogP contribution is 2.72. The van der Waals surface area contributed by atoms with Crippen molar-refractivity contribution in [3.8, 4) is 0 Å². The van der Waals surface area contributed by atoms with Gasteiger partial charge in [0.1, 0.15) is 10.3 Å². The van der Waals surface area contributed by atoms with Crippen molar-refractivity contribution in [2.45, 2.75) is 31.6 Å². The van der Waals surface area contributed by atoms with Crippen LogP contribution in [-0.2, 0) is 13.6 Å². The molecule has 20 heavy (non-hydrogen) atoms. The van der Waals surface area contributed by atoms with Crippen molar-refractivity contribution < 1.29 is 40.0 Å². The molecule has 0 amide bonds. The number of allylic oxidation sites excluding steroid dienone is 2. The van der Waals surface area contributed by atoms with Crippen molar-refractivity contribution in [2.75, 3.05) is 13.2 Å². The molecule has 0 saturated heterocycles. The van der Waals surface area contributed by atoms with Crippen LogP contribution in [0.2, 0.25) is 0 Å². The SMILES string of the molecule is CCOP(=O)(OCC)C1=C(Cl)C(F)(F)C(F)(F)C1(F)F. The minimum absolute atomic E-state index is 0.488. The minimum atomic E-state index is -5.82. The fourth-order valence-electron chi connectivity index (χ4n) is 1.57. The molecule has 0 spiro atoms. The highest BCUT2D eigenvalue weighted by molar-refractivity contribution is 7.58. The fourth-order valence-corrected chi connectivity index (χ4v) is 3.99. The zero-order chi connectivity index (χ0) is 16.0. The third-order valence-corrected chi connectivity index (χ3v) is 5.25. The maximum Gasteiger partial charge on any atom is 0.381 e. The monoisotopic (exact) mass is 346 g/mol. The van der Waals surface area contributed by atoms with Gasteiger partial charge in [0.2, 0.25) is 0 Å². The molecule has 0 bridgehead atoms. The lowest BCUT2D eigenvalue weighted by molar-refractivity contribution is -0.262. The summed E-state index contributed by atoms with van der Waals surface area (Å²) in [6.45, 7) is 1.42. The second kappa shape index (κ2) is 5.19. The van der Waals surface area contributed by atoms with Gasteiger partial charge < -0.3 is 9.05 Å². The van der Waals surface area contributed by atoms with E-state index >= 15 is 0 Å². The van der Waals surface area contributed by atoms with E-state index in [1.807, 2.05) is 0 Å². The number of alkyl halides is 6. The van der Waals surface area contributed by atoms with Gasteiger partial charge >= 0.3 is 25.4 Å². The van der Waals surface area contributed by atoms with Gasteiger partial charge in [-0.2, -0.15) is 26.3 Å². The Hall–Kier alpha value is -0.240. The van der Waals surface area contributed by atoms with Gasteiger partial charge in [-0.05, 0) is 13.8 Å². The quantitative estimate of drug-likeness (QED) is 0.538. The van der Waals surface area contributed by atoms with E-state index in [0.29, 0.717) is 0 Å². The summed E-state index contributed by atoms with van der Waals surface area (Å²) in [5.74, 6) is -16.6. The third kappa shape index (κ3) is 2.19. The van der Waals surface area contributed by atoms with E-state index in [9.17, 15) is 30.9 Å². The Labute approximate surface area is 115 Å². The van der Waals surface area contributed by atoms with Gasteiger partial charge in [-0.15, -0.1) is 0 Å². The highest BCUT2D eigenvalue weighted by atomic mass is 35.5. The first-order valence-electron chi connectivity index (χ1n) is 5.34. The van der Waals surface area contributed by atoms with E-state index in [0.717, 1.165) is 0 Å². The molecule has 1 rings (SSSR count). The Morgan fingerprint density at radius 1 is 1.00 bits per heavy atom. The van der Waals surface area contributed by atoms with Gasteiger partial charge in [-0.3, -0.25) is 4.57 Å². The second-order valence-corrected chi connectivity index (χ2v) is 6.06. The Kier molecular flexibility index (Phi) is 4.62. The van der Waals surface area contributed by atoms with Crippen LogP contribution >= 0.6 is 19.2 Å². The van der Waals surface area contributed by atoms with Crippen molar-refractivity contribution in [3.63, 3.8) is 0 Å². The average molecular weight is 347 g/mol. The molecule has 0 radical (unpaired) electrons. The molecule has 0 fully saturated rings. The first-order chi connectivity index (χ1) is 8.90. The smallest absolute Gasteiger partial charge is 0.306 e. The summed E-state index contributed by atoms with van der Waals surface area (Å²) in [5.41, 5.74) is 0. The summed E-state index contributed by atoms with van der Waals surface area (Å²) in [6.07, 6.45) is 0. The zero-order valence-corrected chi connectivity index (χ0v) is 11.9. The molecule has 0 unspecified atom stereocenters. The number of halogens is 7. The van der Waals surface area contributed by atoms with Crippen LogP contribution in [-0.4, -0.2) is 31.0 Å². The third-order valence-electron chi connectivity index (χ3n) is 2.44. The van der Waals surface area contributed by atoms with Gasteiger partial charge in [0, 0.05) is 0 Å². The molecular formula is C9H10ClF6O3P. The van der Waals surface area contributed by atoms with Crippen LogP contribution in [0.25, 0.3) is 0 Å². The topological polar surface area (TPSA) is 35.5 Å². The molecule has 0 aromatic heterocycles. The number of hydrogen-bond donors (Lipinski definition) is 0. The Bertz CT molecular complexity index is 468. The Balaban J connectivity index is 3.56. The van der Waals surface area contributed by atoms with Gasteiger partial charge in [0.05, 0.1) is 13.2 Å². The maximum absolute atomic E-state index is 13.6. The van der Waals surface area contributed by atoms with Crippen LogP contribution < -0.4 is 0 Å². The summed E-state index contributed by atoms with van der Waals surface area (Å²) in [5, 5.41) is -4.40. The Morgan fingerprint density at radius 3 is 1.65 bits per heavy atom. The molecule has 118 valence electrons. The van der Waals surface area contributed by atoms with E-state index in [-0.39, 0.29) is 0 Å². The van der Waals surface area contributed by atoms with E-state index in [1.54, 1.807) is 0 Å². The highest BCUT2D eigenvalue weighted by Gasteiger charge is 2.83. The first kappa shape index (κ1) is 17.8. The second-order valence-electron chi connectivity index (χ2n) is 3.72. The lowest BCUT2D eigenvalue weighted by atomic mass is 10.2. The van der Waals surface area contributed by atoms with Crippen LogP contribution in [0, 0.1) is 0 Å². The van der Waals surface area contributed by atoms with Crippen LogP contribution in [0.4, 0.5) is 26.3 Å². The lowest BCUT2D eigenvalue weighted by Crippen LogP contribution is -2.49. The summed E-state index contributed by atoms with van der Waals surface area (Å²) in [6, 6.07) is 0. The molecule has 11 heteroatoms. The molecule has 0 aromatic rings. The van der Waals surface area contributed by atoms with E-state index in [2.05, 4.69) is 9.05 Å². The molecule has 0 N–H and O–H groups in total. The standard InChI is InChI=1S/C9H10ClF6O3P/c1-3-18-20(17,19-4-2)6-5(10)7(11,12)9(15,16)8(6,13)14/h3-4H2,1-2H3. The molecule has 0 saturated carbocycles. The summed E-state index contributed by atoms with van der Waals surface area (Å²) in [7, 11) is -5.07. The summed E-state index contributed by atoms with van der Waals surface area (Å²) in [4.78, 5) is 0. The largest absolute Gasteiger partial charge is 0.381 e.